The van der Waals surface area contributed by atoms with E-state index in [1.807, 2.05) is 31.4 Å². The number of hydrogen-bond donors (Lipinski definition) is 4. The van der Waals surface area contributed by atoms with Crippen LogP contribution in [0, 0.1) is 46.3 Å². The van der Waals surface area contributed by atoms with Crippen molar-refractivity contribution in [2.24, 2.45) is 53.4 Å². The van der Waals surface area contributed by atoms with Gasteiger partial charge < -0.3 is 25.2 Å². The zero-order chi connectivity index (χ0) is 27.7. The SMILES string of the molecule is C[C@H](CCC(=O)Nc1cccc2c1ccn2C)[C@@H]1CC[C@@H]2[C@@H]3[C@H](O)C[C@H]4C[C@H](O)CC[C@]4(C)[C@@H]3C[C@H](O)[C@@]21C. The van der Waals surface area contributed by atoms with Gasteiger partial charge in [-0.2, -0.15) is 0 Å². The third-order valence-corrected chi connectivity index (χ3v) is 12.5. The Morgan fingerprint density at radius 2 is 1.87 bits per heavy atom. The lowest BCUT2D eigenvalue weighted by Gasteiger charge is -2.63. The van der Waals surface area contributed by atoms with Crippen LogP contribution in [0.3, 0.4) is 0 Å². The van der Waals surface area contributed by atoms with Gasteiger partial charge in [-0.05, 0) is 116 Å². The smallest absolute Gasteiger partial charge is 0.224 e. The minimum atomic E-state index is -0.391. The number of aliphatic hydroxyl groups is 3. The Morgan fingerprint density at radius 3 is 2.67 bits per heavy atom. The number of anilines is 1. The number of nitrogens with zero attached hydrogens (tertiary/aromatic N) is 1. The number of aliphatic hydroxyl groups excluding tert-OH is 3. The monoisotopic (exact) mass is 536 g/mol. The summed E-state index contributed by atoms with van der Waals surface area (Å²) in [5.74, 6) is 1.89. The van der Waals surface area contributed by atoms with Crippen LogP contribution in [0.2, 0.25) is 0 Å². The average molecular weight is 537 g/mol. The van der Waals surface area contributed by atoms with Crippen molar-refractivity contribution >= 4 is 22.5 Å². The molecule has 1 aromatic heterocycles. The first-order valence-electron chi connectivity index (χ1n) is 15.4. The van der Waals surface area contributed by atoms with Gasteiger partial charge in [0.05, 0.1) is 24.0 Å². The first-order chi connectivity index (χ1) is 18.5. The Hall–Kier alpha value is -1.89. The molecule has 0 radical (unpaired) electrons. The van der Waals surface area contributed by atoms with E-state index in [1.165, 1.54) is 0 Å². The minimum absolute atomic E-state index is 0.0447. The van der Waals surface area contributed by atoms with Crippen LogP contribution in [0.4, 0.5) is 5.69 Å². The fourth-order valence-corrected chi connectivity index (χ4v) is 10.3. The van der Waals surface area contributed by atoms with E-state index in [0.717, 1.165) is 68.0 Å². The first kappa shape index (κ1) is 27.3. The number of fused-ring (bicyclic) bond motifs is 6. The molecule has 4 N–H and O–H groups in total. The van der Waals surface area contributed by atoms with Gasteiger partial charge in [-0.3, -0.25) is 4.79 Å². The fourth-order valence-electron chi connectivity index (χ4n) is 10.3. The largest absolute Gasteiger partial charge is 0.393 e. The van der Waals surface area contributed by atoms with Crippen molar-refractivity contribution in [1.29, 1.82) is 0 Å². The summed E-state index contributed by atoms with van der Waals surface area (Å²) in [5.41, 5.74) is 1.82. The van der Waals surface area contributed by atoms with Crippen LogP contribution in [-0.4, -0.2) is 44.1 Å². The van der Waals surface area contributed by atoms with E-state index < -0.39 is 6.10 Å². The molecule has 0 aliphatic heterocycles. The standard InChI is InChI=1S/C33H48N2O4/c1-19(8-11-30(39)34-26-6-5-7-27-22(26)13-15-35(27)4)23-9-10-24-31-25(18-29(38)33(23,24)3)32(2)14-12-21(36)16-20(32)17-28(31)37/h5-7,13,15,19-21,23-25,28-29,31,36-38H,8-12,14,16-18H2,1-4H3,(H,34,39)/t19-,20-,21-,23+,24-,25-,28-,29+,31+,32+,33-/m1/s1. The Balaban J connectivity index is 1.14. The Morgan fingerprint density at radius 1 is 1.08 bits per heavy atom. The van der Waals surface area contributed by atoms with Crippen molar-refractivity contribution in [3.8, 4) is 0 Å². The zero-order valence-electron chi connectivity index (χ0n) is 24.1. The molecule has 0 saturated heterocycles. The van der Waals surface area contributed by atoms with E-state index in [9.17, 15) is 20.1 Å². The Kier molecular flexibility index (Phi) is 6.92. The van der Waals surface area contributed by atoms with Crippen molar-refractivity contribution < 1.29 is 20.1 Å². The molecule has 1 heterocycles. The van der Waals surface area contributed by atoms with Gasteiger partial charge in [-0.1, -0.05) is 26.8 Å². The number of hydrogen-bond acceptors (Lipinski definition) is 4. The molecule has 4 aliphatic rings. The molecule has 6 heteroatoms. The summed E-state index contributed by atoms with van der Waals surface area (Å²) in [6.07, 6.45) is 8.54. The van der Waals surface area contributed by atoms with Gasteiger partial charge in [0.25, 0.3) is 0 Å². The summed E-state index contributed by atoms with van der Waals surface area (Å²) < 4.78 is 2.06. The van der Waals surface area contributed by atoms with Gasteiger partial charge in [0.15, 0.2) is 0 Å². The van der Waals surface area contributed by atoms with E-state index in [1.54, 1.807) is 0 Å². The van der Waals surface area contributed by atoms with Gasteiger partial charge in [-0.15, -0.1) is 0 Å². The summed E-state index contributed by atoms with van der Waals surface area (Å²) in [6, 6.07) is 8.05. The molecule has 6 nitrogen and oxygen atoms in total. The minimum Gasteiger partial charge on any atom is -0.393 e. The van der Waals surface area contributed by atoms with Crippen molar-refractivity contribution in [2.45, 2.75) is 96.9 Å². The van der Waals surface area contributed by atoms with E-state index >= 15 is 0 Å². The number of rotatable bonds is 5. The van der Waals surface area contributed by atoms with E-state index in [4.69, 9.17) is 0 Å². The van der Waals surface area contributed by atoms with Crippen LogP contribution >= 0.6 is 0 Å². The lowest BCUT2D eigenvalue weighted by molar-refractivity contribution is -0.207. The number of nitrogens with one attached hydrogen (secondary N) is 1. The highest BCUT2D eigenvalue weighted by atomic mass is 16.3. The zero-order valence-corrected chi connectivity index (χ0v) is 24.1. The summed E-state index contributed by atoms with van der Waals surface area (Å²) in [4.78, 5) is 13.0. The predicted molar refractivity (Wildman–Crippen MR) is 154 cm³/mol. The van der Waals surface area contributed by atoms with Gasteiger partial charge in [-0.25, -0.2) is 0 Å². The second kappa shape index (κ2) is 9.88. The quantitative estimate of drug-likeness (QED) is 0.406. The summed E-state index contributed by atoms with van der Waals surface area (Å²) in [6.45, 7) is 6.93. The van der Waals surface area contributed by atoms with Crippen LogP contribution in [0.5, 0.6) is 0 Å². The van der Waals surface area contributed by atoms with Gasteiger partial charge in [0.1, 0.15) is 0 Å². The van der Waals surface area contributed by atoms with E-state index in [0.29, 0.717) is 36.0 Å². The highest BCUT2D eigenvalue weighted by molar-refractivity contribution is 6.01. The first-order valence-corrected chi connectivity index (χ1v) is 15.4. The maximum Gasteiger partial charge on any atom is 0.224 e. The molecule has 0 unspecified atom stereocenters. The van der Waals surface area contributed by atoms with Crippen LogP contribution in [-0.2, 0) is 11.8 Å². The second-order valence-electron chi connectivity index (χ2n) is 14.3. The number of benzene rings is 1. The molecule has 11 atom stereocenters. The predicted octanol–water partition coefficient (Wildman–Crippen LogP) is 5.49. The van der Waals surface area contributed by atoms with Crippen molar-refractivity contribution in [1.82, 2.24) is 4.57 Å². The fraction of sp³-hybridized carbons (Fsp3) is 0.727. The van der Waals surface area contributed by atoms with Crippen LogP contribution in [0.15, 0.2) is 30.5 Å². The maximum absolute atomic E-state index is 13.0. The van der Waals surface area contributed by atoms with Crippen LogP contribution < -0.4 is 5.32 Å². The lowest BCUT2D eigenvalue weighted by atomic mass is 9.43. The maximum atomic E-state index is 13.0. The second-order valence-corrected chi connectivity index (χ2v) is 14.3. The Labute approximate surface area is 233 Å². The topological polar surface area (TPSA) is 94.7 Å². The number of aryl methyl sites for hydroxylation is 1. The molecule has 39 heavy (non-hydrogen) atoms. The van der Waals surface area contributed by atoms with Crippen LogP contribution in [0.25, 0.3) is 10.9 Å². The van der Waals surface area contributed by atoms with Gasteiger partial charge in [0, 0.05) is 30.6 Å². The Bertz CT molecular complexity index is 1230. The molecule has 2 aromatic rings. The average Bonchev–Trinajstić information content (AvgIpc) is 3.46. The molecule has 4 fully saturated rings. The van der Waals surface area contributed by atoms with Crippen molar-refractivity contribution in [3.63, 3.8) is 0 Å². The molecular weight excluding hydrogens is 488 g/mol. The van der Waals surface area contributed by atoms with Crippen molar-refractivity contribution in [3.05, 3.63) is 30.5 Å². The third-order valence-electron chi connectivity index (χ3n) is 12.5. The third kappa shape index (κ3) is 4.28. The lowest BCUT2D eigenvalue weighted by Crippen LogP contribution is -2.62. The van der Waals surface area contributed by atoms with Gasteiger partial charge in [0.2, 0.25) is 5.91 Å². The van der Waals surface area contributed by atoms with Crippen molar-refractivity contribution in [2.75, 3.05) is 5.32 Å². The highest BCUT2D eigenvalue weighted by Crippen LogP contribution is 2.68. The molecule has 1 amide bonds. The summed E-state index contributed by atoms with van der Waals surface area (Å²) in [7, 11) is 2.01. The normalized spacial score (nSPS) is 42.4. The number of amides is 1. The molecule has 214 valence electrons. The summed E-state index contributed by atoms with van der Waals surface area (Å²) in [5, 5.41) is 37.8. The molecule has 6 rings (SSSR count). The highest BCUT2D eigenvalue weighted by Gasteiger charge is 2.65. The van der Waals surface area contributed by atoms with E-state index in [-0.39, 0.29) is 34.9 Å². The molecule has 0 bridgehead atoms. The summed E-state index contributed by atoms with van der Waals surface area (Å²) >= 11 is 0. The van der Waals surface area contributed by atoms with E-state index in [2.05, 4.69) is 36.7 Å². The number of carbonyl (C=O) groups excluding carboxylic acids is 1. The number of carbonyl (C=O) groups is 1. The molecular formula is C33H48N2O4. The molecule has 0 spiro atoms. The number of aromatic nitrogens is 1. The molecule has 1 aromatic carbocycles. The molecule has 4 saturated carbocycles. The van der Waals surface area contributed by atoms with Gasteiger partial charge >= 0.3 is 0 Å². The molecule has 4 aliphatic carbocycles. The van der Waals surface area contributed by atoms with Crippen LogP contribution in [0.1, 0.15) is 78.6 Å².